The van der Waals surface area contributed by atoms with E-state index in [-0.39, 0.29) is 25.7 Å². The van der Waals surface area contributed by atoms with Gasteiger partial charge in [0.05, 0.1) is 25.7 Å². The maximum atomic E-state index is 11.5. The molecule has 0 spiro atoms. The Morgan fingerprint density at radius 1 is 0.944 bits per heavy atom. The third-order valence-electron chi connectivity index (χ3n) is 1.88. The molecule has 0 aliphatic heterocycles. The summed E-state index contributed by atoms with van der Waals surface area (Å²) < 4.78 is 14.3. The summed E-state index contributed by atoms with van der Waals surface area (Å²) in [7, 11) is 0. The Kier molecular flexibility index (Phi) is 7.74. The second kappa shape index (κ2) is 8.49. The number of hydrogen-bond acceptors (Lipinski definition) is 6. The zero-order chi connectivity index (χ0) is 14.1. The molecular formula is C12H20O6. The topological polar surface area (TPSA) is 78.9 Å². The van der Waals surface area contributed by atoms with Crippen LogP contribution in [0.4, 0.5) is 0 Å². The van der Waals surface area contributed by atoms with Gasteiger partial charge in [0.1, 0.15) is 0 Å². The van der Waals surface area contributed by atoms with Crippen LogP contribution in [0, 0.1) is 5.92 Å². The first-order valence-electron chi connectivity index (χ1n) is 5.95. The molecule has 0 aliphatic carbocycles. The van der Waals surface area contributed by atoms with Crippen LogP contribution in [0.3, 0.4) is 0 Å². The predicted molar refractivity (Wildman–Crippen MR) is 62.6 cm³/mol. The highest BCUT2D eigenvalue weighted by molar-refractivity contribution is 5.98. The number of carbonyl (C=O) groups excluding carboxylic acids is 3. The smallest absolute Gasteiger partial charge is 0.320 e. The van der Waals surface area contributed by atoms with Crippen LogP contribution < -0.4 is 0 Å². The fourth-order valence-electron chi connectivity index (χ4n) is 1.23. The lowest BCUT2D eigenvalue weighted by Crippen LogP contribution is -2.31. The lowest BCUT2D eigenvalue weighted by atomic mass is 10.1. The van der Waals surface area contributed by atoms with Crippen molar-refractivity contribution in [3.8, 4) is 0 Å². The van der Waals surface area contributed by atoms with E-state index in [1.54, 1.807) is 27.7 Å². The van der Waals surface area contributed by atoms with Crippen LogP contribution >= 0.6 is 0 Å². The molecular weight excluding hydrogens is 240 g/mol. The van der Waals surface area contributed by atoms with Crippen LogP contribution in [0.1, 0.15) is 34.1 Å². The zero-order valence-corrected chi connectivity index (χ0v) is 11.2. The third kappa shape index (κ3) is 6.22. The molecule has 0 radical (unpaired) electrons. The van der Waals surface area contributed by atoms with Crippen molar-refractivity contribution in [2.75, 3.05) is 13.2 Å². The van der Waals surface area contributed by atoms with E-state index < -0.39 is 23.8 Å². The molecule has 0 saturated carbocycles. The molecule has 0 aromatic heterocycles. The van der Waals surface area contributed by atoms with Gasteiger partial charge in [-0.15, -0.1) is 0 Å². The maximum Gasteiger partial charge on any atom is 0.320 e. The monoisotopic (exact) mass is 260 g/mol. The van der Waals surface area contributed by atoms with Crippen molar-refractivity contribution in [2.24, 2.45) is 5.92 Å². The summed E-state index contributed by atoms with van der Waals surface area (Å²) in [6, 6.07) is 0. The number of hydrogen-bond donors (Lipinski definition) is 0. The summed E-state index contributed by atoms with van der Waals surface area (Å²) in [5, 5.41) is 0. The number of rotatable bonds is 7. The Morgan fingerprint density at radius 3 is 1.72 bits per heavy atom. The molecule has 0 aromatic carbocycles. The second-order valence-corrected chi connectivity index (χ2v) is 3.80. The number of esters is 3. The highest BCUT2D eigenvalue weighted by Crippen LogP contribution is 2.11. The van der Waals surface area contributed by atoms with E-state index in [0.717, 1.165) is 0 Å². The Hall–Kier alpha value is -1.59. The van der Waals surface area contributed by atoms with Crippen molar-refractivity contribution in [1.29, 1.82) is 0 Å². The van der Waals surface area contributed by atoms with Crippen molar-refractivity contribution < 1.29 is 28.6 Å². The first kappa shape index (κ1) is 16.4. The van der Waals surface area contributed by atoms with E-state index in [1.165, 1.54) is 0 Å². The van der Waals surface area contributed by atoms with Crippen LogP contribution in [0.2, 0.25) is 0 Å². The minimum Gasteiger partial charge on any atom is -0.465 e. The molecule has 0 fully saturated rings. The highest BCUT2D eigenvalue weighted by atomic mass is 16.6. The minimum atomic E-state index is -1.25. The minimum absolute atomic E-state index is 0.133. The van der Waals surface area contributed by atoms with Crippen LogP contribution in [-0.4, -0.2) is 37.2 Å². The maximum absolute atomic E-state index is 11.5. The summed E-state index contributed by atoms with van der Waals surface area (Å²) in [6.07, 6.45) is -0.668. The van der Waals surface area contributed by atoms with Crippen molar-refractivity contribution in [2.45, 2.75) is 40.2 Å². The standard InChI is InChI=1S/C12H20O6/c1-5-16-11(14)9(12(15)17-6-2)7-10(13)18-8(3)4/h8-9H,5-7H2,1-4H3. The summed E-state index contributed by atoms with van der Waals surface area (Å²) in [4.78, 5) is 34.5. The fraction of sp³-hybridized carbons (Fsp3) is 0.750. The fourth-order valence-corrected chi connectivity index (χ4v) is 1.23. The van der Waals surface area contributed by atoms with Gasteiger partial charge in [0.15, 0.2) is 5.92 Å². The molecule has 0 bridgehead atoms. The molecule has 0 atom stereocenters. The van der Waals surface area contributed by atoms with Crippen molar-refractivity contribution in [3.63, 3.8) is 0 Å². The average molecular weight is 260 g/mol. The van der Waals surface area contributed by atoms with Gasteiger partial charge in [0.2, 0.25) is 0 Å². The Labute approximate surface area is 107 Å². The van der Waals surface area contributed by atoms with Gasteiger partial charge >= 0.3 is 17.9 Å². The van der Waals surface area contributed by atoms with Crippen molar-refractivity contribution in [3.05, 3.63) is 0 Å². The summed E-state index contributed by atoms with van der Waals surface area (Å²) in [6.45, 7) is 6.87. The lowest BCUT2D eigenvalue weighted by molar-refractivity contribution is -0.167. The molecule has 0 heterocycles. The summed E-state index contributed by atoms with van der Waals surface area (Å²) in [5.41, 5.74) is 0. The van der Waals surface area contributed by atoms with E-state index in [4.69, 9.17) is 14.2 Å². The van der Waals surface area contributed by atoms with Gasteiger partial charge in [-0.05, 0) is 27.7 Å². The molecule has 0 amide bonds. The molecule has 0 rings (SSSR count). The van der Waals surface area contributed by atoms with Gasteiger partial charge in [-0.25, -0.2) is 0 Å². The molecule has 0 N–H and O–H groups in total. The third-order valence-corrected chi connectivity index (χ3v) is 1.88. The van der Waals surface area contributed by atoms with Gasteiger partial charge in [-0.2, -0.15) is 0 Å². The Morgan fingerprint density at radius 2 is 1.39 bits per heavy atom. The van der Waals surface area contributed by atoms with E-state index in [0.29, 0.717) is 0 Å². The highest BCUT2D eigenvalue weighted by Gasteiger charge is 2.32. The first-order chi connectivity index (χ1) is 8.42. The molecule has 0 saturated heterocycles. The Balaban J connectivity index is 4.61. The molecule has 0 aromatic rings. The largest absolute Gasteiger partial charge is 0.465 e. The number of carbonyl (C=O) groups is 3. The quantitative estimate of drug-likeness (QED) is 0.387. The van der Waals surface area contributed by atoms with Crippen LogP contribution in [-0.2, 0) is 28.6 Å². The first-order valence-corrected chi connectivity index (χ1v) is 5.95. The average Bonchev–Trinajstić information content (AvgIpc) is 2.25. The Bertz CT molecular complexity index is 279. The normalized spacial score (nSPS) is 10.3. The molecule has 18 heavy (non-hydrogen) atoms. The number of ether oxygens (including phenoxy) is 3. The lowest BCUT2D eigenvalue weighted by Gasteiger charge is -2.14. The van der Waals surface area contributed by atoms with E-state index in [2.05, 4.69) is 0 Å². The predicted octanol–water partition coefficient (Wildman–Crippen LogP) is 1.07. The van der Waals surface area contributed by atoms with Crippen LogP contribution in [0.25, 0.3) is 0 Å². The molecule has 6 heteroatoms. The van der Waals surface area contributed by atoms with E-state index >= 15 is 0 Å². The van der Waals surface area contributed by atoms with E-state index in [1.807, 2.05) is 0 Å². The van der Waals surface area contributed by atoms with Crippen LogP contribution in [0.5, 0.6) is 0 Å². The molecule has 6 nitrogen and oxygen atoms in total. The van der Waals surface area contributed by atoms with Gasteiger partial charge in [-0.1, -0.05) is 0 Å². The van der Waals surface area contributed by atoms with Gasteiger partial charge < -0.3 is 14.2 Å². The van der Waals surface area contributed by atoms with E-state index in [9.17, 15) is 14.4 Å². The van der Waals surface area contributed by atoms with Gasteiger partial charge in [0.25, 0.3) is 0 Å². The van der Waals surface area contributed by atoms with Crippen molar-refractivity contribution >= 4 is 17.9 Å². The molecule has 104 valence electrons. The molecule has 0 aliphatic rings. The SMILES string of the molecule is CCOC(=O)C(CC(=O)OC(C)C)C(=O)OCC. The van der Waals surface area contributed by atoms with Crippen molar-refractivity contribution in [1.82, 2.24) is 0 Å². The summed E-state index contributed by atoms with van der Waals surface area (Å²) >= 11 is 0. The van der Waals surface area contributed by atoms with Gasteiger partial charge in [0, 0.05) is 0 Å². The zero-order valence-electron chi connectivity index (χ0n) is 11.2. The van der Waals surface area contributed by atoms with Gasteiger partial charge in [-0.3, -0.25) is 14.4 Å². The summed E-state index contributed by atoms with van der Waals surface area (Å²) in [5.74, 6) is -3.42. The molecule has 0 unspecified atom stereocenters. The second-order valence-electron chi connectivity index (χ2n) is 3.80. The van der Waals surface area contributed by atoms with Crippen LogP contribution in [0.15, 0.2) is 0 Å².